The van der Waals surface area contributed by atoms with Gasteiger partial charge in [-0.15, -0.1) is 0 Å². The lowest BCUT2D eigenvalue weighted by molar-refractivity contribution is -0.131. The van der Waals surface area contributed by atoms with Crippen molar-refractivity contribution in [3.63, 3.8) is 0 Å². The van der Waals surface area contributed by atoms with Crippen molar-refractivity contribution in [1.82, 2.24) is 9.80 Å². The van der Waals surface area contributed by atoms with E-state index in [0.717, 1.165) is 39.0 Å². The minimum Gasteiger partial charge on any atom is -0.395 e. The normalized spacial score (nSPS) is 20.1. The van der Waals surface area contributed by atoms with Crippen LogP contribution < -0.4 is 5.73 Å². The van der Waals surface area contributed by atoms with Gasteiger partial charge in [0, 0.05) is 38.6 Å². The van der Waals surface area contributed by atoms with Gasteiger partial charge in [-0.3, -0.25) is 9.69 Å². The summed E-state index contributed by atoms with van der Waals surface area (Å²) >= 11 is 0. The molecule has 1 aliphatic rings. The van der Waals surface area contributed by atoms with Gasteiger partial charge in [-0.05, 0) is 26.3 Å². The van der Waals surface area contributed by atoms with E-state index in [9.17, 15) is 4.79 Å². The summed E-state index contributed by atoms with van der Waals surface area (Å²) in [6.45, 7) is 6.28. The first kappa shape index (κ1) is 14.4. The molecular formula is C12H25N3O2. The Bertz CT molecular complexity index is 234. The predicted octanol–water partition coefficient (Wildman–Crippen LogP) is -0.360. The maximum absolute atomic E-state index is 11.9. The van der Waals surface area contributed by atoms with E-state index in [-0.39, 0.29) is 18.6 Å². The summed E-state index contributed by atoms with van der Waals surface area (Å²) in [4.78, 5) is 16.1. The van der Waals surface area contributed by atoms with Crippen LogP contribution in [0.25, 0.3) is 0 Å². The number of nitrogens with two attached hydrogens (primary N) is 1. The molecule has 0 aromatic heterocycles. The van der Waals surface area contributed by atoms with E-state index in [2.05, 4.69) is 4.90 Å². The molecule has 1 heterocycles. The summed E-state index contributed by atoms with van der Waals surface area (Å²) < 4.78 is 0. The van der Waals surface area contributed by atoms with Crippen LogP contribution >= 0.6 is 0 Å². The van der Waals surface area contributed by atoms with Gasteiger partial charge < -0.3 is 15.7 Å². The summed E-state index contributed by atoms with van der Waals surface area (Å²) in [6, 6.07) is 0.0943. The lowest BCUT2D eigenvalue weighted by Crippen LogP contribution is -2.36. The summed E-state index contributed by atoms with van der Waals surface area (Å²) in [5.41, 5.74) is 5.66. The highest BCUT2D eigenvalue weighted by Gasteiger charge is 2.18. The maximum atomic E-state index is 11.9. The Labute approximate surface area is 104 Å². The largest absolute Gasteiger partial charge is 0.395 e. The molecule has 1 saturated heterocycles. The second-order valence-corrected chi connectivity index (χ2v) is 4.82. The van der Waals surface area contributed by atoms with Crippen molar-refractivity contribution in [2.45, 2.75) is 32.2 Å². The predicted molar refractivity (Wildman–Crippen MR) is 67.6 cm³/mol. The SMILES string of the molecule is CC(N)CCC(=O)N1CCCN(CCO)CC1. The van der Waals surface area contributed by atoms with E-state index in [4.69, 9.17) is 10.8 Å². The van der Waals surface area contributed by atoms with Crippen molar-refractivity contribution in [3.8, 4) is 0 Å². The molecule has 0 spiro atoms. The molecule has 5 nitrogen and oxygen atoms in total. The Hall–Kier alpha value is -0.650. The van der Waals surface area contributed by atoms with Crippen LogP contribution in [-0.2, 0) is 4.79 Å². The second-order valence-electron chi connectivity index (χ2n) is 4.82. The third-order valence-electron chi connectivity index (χ3n) is 3.17. The lowest BCUT2D eigenvalue weighted by atomic mass is 10.2. The summed E-state index contributed by atoms with van der Waals surface area (Å²) in [5, 5.41) is 8.89. The molecule has 5 heteroatoms. The number of aliphatic hydroxyl groups is 1. The number of amides is 1. The van der Waals surface area contributed by atoms with Crippen LogP contribution in [0, 0.1) is 0 Å². The number of carbonyl (C=O) groups excluding carboxylic acids is 1. The van der Waals surface area contributed by atoms with Crippen LogP contribution in [0.1, 0.15) is 26.2 Å². The fourth-order valence-electron chi connectivity index (χ4n) is 2.09. The zero-order valence-electron chi connectivity index (χ0n) is 10.8. The zero-order chi connectivity index (χ0) is 12.7. The molecule has 0 aromatic rings. The Morgan fingerprint density at radius 2 is 2.12 bits per heavy atom. The third-order valence-corrected chi connectivity index (χ3v) is 3.17. The smallest absolute Gasteiger partial charge is 0.222 e. The van der Waals surface area contributed by atoms with Crippen LogP contribution in [-0.4, -0.2) is 66.2 Å². The molecule has 17 heavy (non-hydrogen) atoms. The highest BCUT2D eigenvalue weighted by atomic mass is 16.3. The number of hydrogen-bond acceptors (Lipinski definition) is 4. The number of nitrogens with zero attached hydrogens (tertiary/aromatic N) is 2. The Kier molecular flexibility index (Phi) is 6.47. The molecule has 100 valence electrons. The fraction of sp³-hybridized carbons (Fsp3) is 0.917. The van der Waals surface area contributed by atoms with E-state index in [0.29, 0.717) is 13.0 Å². The molecule has 0 aromatic carbocycles. The number of hydrogen-bond donors (Lipinski definition) is 2. The minimum absolute atomic E-state index is 0.0943. The fourth-order valence-corrected chi connectivity index (χ4v) is 2.09. The molecule has 0 bridgehead atoms. The molecule has 1 unspecified atom stereocenters. The topological polar surface area (TPSA) is 69.8 Å². The van der Waals surface area contributed by atoms with Crippen LogP contribution in [0.2, 0.25) is 0 Å². The molecule has 1 rings (SSSR count). The minimum atomic E-state index is 0.0943. The standard InChI is InChI=1S/C12H25N3O2/c1-11(13)3-4-12(17)15-6-2-5-14(7-8-15)9-10-16/h11,16H,2-10,13H2,1H3. The maximum Gasteiger partial charge on any atom is 0.222 e. The average Bonchev–Trinajstić information content (AvgIpc) is 2.52. The molecule has 1 atom stereocenters. The summed E-state index contributed by atoms with van der Waals surface area (Å²) in [5.74, 6) is 0.216. The molecule has 0 saturated carbocycles. The van der Waals surface area contributed by atoms with Gasteiger partial charge in [-0.2, -0.15) is 0 Å². The first-order chi connectivity index (χ1) is 8.13. The van der Waals surface area contributed by atoms with Crippen molar-refractivity contribution < 1.29 is 9.90 Å². The van der Waals surface area contributed by atoms with Crippen LogP contribution in [0.15, 0.2) is 0 Å². The van der Waals surface area contributed by atoms with Crippen molar-refractivity contribution in [2.75, 3.05) is 39.3 Å². The van der Waals surface area contributed by atoms with Crippen LogP contribution in [0.5, 0.6) is 0 Å². The Balaban J connectivity index is 2.32. The van der Waals surface area contributed by atoms with E-state index < -0.39 is 0 Å². The van der Waals surface area contributed by atoms with Gasteiger partial charge in [0.2, 0.25) is 5.91 Å². The number of carbonyl (C=O) groups is 1. The summed E-state index contributed by atoms with van der Waals surface area (Å²) in [6.07, 6.45) is 2.30. The number of aliphatic hydroxyl groups excluding tert-OH is 1. The Morgan fingerprint density at radius 3 is 2.76 bits per heavy atom. The van der Waals surface area contributed by atoms with Gasteiger partial charge in [-0.1, -0.05) is 0 Å². The highest BCUT2D eigenvalue weighted by molar-refractivity contribution is 5.76. The van der Waals surface area contributed by atoms with Gasteiger partial charge in [0.05, 0.1) is 6.61 Å². The summed E-state index contributed by atoms with van der Waals surface area (Å²) in [7, 11) is 0. The van der Waals surface area contributed by atoms with Crippen molar-refractivity contribution in [2.24, 2.45) is 5.73 Å². The third kappa shape index (κ3) is 5.48. The van der Waals surface area contributed by atoms with E-state index in [1.54, 1.807) is 0 Å². The number of rotatable bonds is 5. The lowest BCUT2D eigenvalue weighted by Gasteiger charge is -2.21. The first-order valence-electron chi connectivity index (χ1n) is 6.50. The van der Waals surface area contributed by atoms with E-state index in [1.807, 2.05) is 11.8 Å². The van der Waals surface area contributed by atoms with Crippen molar-refractivity contribution in [3.05, 3.63) is 0 Å². The quantitative estimate of drug-likeness (QED) is 0.692. The molecule has 3 N–H and O–H groups in total. The van der Waals surface area contributed by atoms with E-state index in [1.165, 1.54) is 0 Å². The van der Waals surface area contributed by atoms with Gasteiger partial charge in [0.15, 0.2) is 0 Å². The van der Waals surface area contributed by atoms with Gasteiger partial charge in [0.1, 0.15) is 0 Å². The Morgan fingerprint density at radius 1 is 1.35 bits per heavy atom. The molecular weight excluding hydrogens is 218 g/mol. The van der Waals surface area contributed by atoms with Crippen molar-refractivity contribution in [1.29, 1.82) is 0 Å². The van der Waals surface area contributed by atoms with Crippen molar-refractivity contribution >= 4 is 5.91 Å². The van der Waals surface area contributed by atoms with E-state index >= 15 is 0 Å². The molecule has 1 aliphatic heterocycles. The molecule has 1 fully saturated rings. The zero-order valence-corrected chi connectivity index (χ0v) is 10.8. The molecule has 1 amide bonds. The van der Waals surface area contributed by atoms with Gasteiger partial charge in [-0.25, -0.2) is 0 Å². The van der Waals surface area contributed by atoms with Crippen LogP contribution in [0.3, 0.4) is 0 Å². The number of β-amino-alcohol motifs (C(OH)–C–C–N with tert-alkyl or cyclic N) is 1. The van der Waals surface area contributed by atoms with Crippen LogP contribution in [0.4, 0.5) is 0 Å². The first-order valence-corrected chi connectivity index (χ1v) is 6.50. The monoisotopic (exact) mass is 243 g/mol. The molecule has 0 radical (unpaired) electrons. The second kappa shape index (κ2) is 7.63. The molecule has 0 aliphatic carbocycles. The van der Waals surface area contributed by atoms with Gasteiger partial charge >= 0.3 is 0 Å². The van der Waals surface area contributed by atoms with Gasteiger partial charge in [0.25, 0.3) is 0 Å². The average molecular weight is 243 g/mol. The highest BCUT2D eigenvalue weighted by Crippen LogP contribution is 2.06.